The molecule has 1 aliphatic carbocycles. The number of carbonyl (C=O) groups excluding carboxylic acids is 1. The van der Waals surface area contributed by atoms with Gasteiger partial charge < -0.3 is 10.1 Å². The van der Waals surface area contributed by atoms with Crippen LogP contribution in [0.25, 0.3) is 0 Å². The second-order valence-corrected chi connectivity index (χ2v) is 7.28. The second kappa shape index (κ2) is 6.85. The van der Waals surface area contributed by atoms with Crippen LogP contribution in [0.15, 0.2) is 17.0 Å². The van der Waals surface area contributed by atoms with E-state index in [1.807, 2.05) is 0 Å². The van der Waals surface area contributed by atoms with E-state index in [0.717, 1.165) is 31.7 Å². The first kappa shape index (κ1) is 17.1. The number of halogens is 1. The summed E-state index contributed by atoms with van der Waals surface area (Å²) in [5, 5.41) is 8.36. The van der Waals surface area contributed by atoms with Crippen molar-refractivity contribution in [2.24, 2.45) is 5.14 Å². The minimum atomic E-state index is -4.02. The molecule has 22 heavy (non-hydrogen) atoms. The highest BCUT2D eigenvalue weighted by Crippen LogP contribution is 2.31. The van der Waals surface area contributed by atoms with Gasteiger partial charge >= 0.3 is 5.97 Å². The second-order valence-electron chi connectivity index (χ2n) is 5.34. The van der Waals surface area contributed by atoms with Crippen molar-refractivity contribution in [2.45, 2.75) is 43.0 Å². The summed E-state index contributed by atoms with van der Waals surface area (Å²) in [6.45, 7) is 0. The predicted octanol–water partition coefficient (Wildman–Crippen LogP) is 2.52. The largest absolute Gasteiger partial charge is 0.465 e. The Hall–Kier alpha value is -1.31. The van der Waals surface area contributed by atoms with Crippen molar-refractivity contribution in [3.63, 3.8) is 0 Å². The summed E-state index contributed by atoms with van der Waals surface area (Å²) in [7, 11) is -2.78. The molecule has 8 heteroatoms. The Bertz CT molecular complexity index is 670. The van der Waals surface area contributed by atoms with Crippen LogP contribution in [0.4, 0.5) is 5.69 Å². The van der Waals surface area contributed by atoms with Crippen molar-refractivity contribution in [1.82, 2.24) is 0 Å². The van der Waals surface area contributed by atoms with Gasteiger partial charge in [-0.2, -0.15) is 0 Å². The van der Waals surface area contributed by atoms with E-state index >= 15 is 0 Å². The van der Waals surface area contributed by atoms with E-state index in [4.69, 9.17) is 21.5 Å². The minimum Gasteiger partial charge on any atom is -0.465 e. The van der Waals surface area contributed by atoms with E-state index in [0.29, 0.717) is 5.69 Å². The number of nitrogens with one attached hydrogen (secondary N) is 1. The molecule has 6 nitrogen and oxygen atoms in total. The summed E-state index contributed by atoms with van der Waals surface area (Å²) >= 11 is 6.00. The van der Waals surface area contributed by atoms with E-state index in [1.54, 1.807) is 0 Å². The molecule has 0 unspecified atom stereocenters. The van der Waals surface area contributed by atoms with Gasteiger partial charge in [-0.15, -0.1) is 0 Å². The molecule has 0 bridgehead atoms. The summed E-state index contributed by atoms with van der Waals surface area (Å²) in [5.41, 5.74) is 0.581. The van der Waals surface area contributed by atoms with Gasteiger partial charge in [-0.3, -0.25) is 0 Å². The average molecular weight is 347 g/mol. The van der Waals surface area contributed by atoms with Crippen molar-refractivity contribution in [1.29, 1.82) is 0 Å². The molecule has 0 amide bonds. The number of esters is 1. The summed E-state index contributed by atoms with van der Waals surface area (Å²) in [6.07, 6.45) is 5.43. The summed E-state index contributed by atoms with van der Waals surface area (Å²) in [4.78, 5) is 11.6. The first-order valence-electron chi connectivity index (χ1n) is 7.04. The van der Waals surface area contributed by atoms with Crippen LogP contribution in [0.1, 0.15) is 42.5 Å². The molecule has 1 aromatic carbocycles. The summed E-state index contributed by atoms with van der Waals surface area (Å²) in [6, 6.07) is 2.81. The van der Waals surface area contributed by atoms with Gasteiger partial charge in [0.1, 0.15) is 4.90 Å². The molecule has 122 valence electrons. The van der Waals surface area contributed by atoms with Crippen LogP contribution in [0.2, 0.25) is 5.02 Å². The molecule has 0 aliphatic heterocycles. The molecular weight excluding hydrogens is 328 g/mol. The third-order valence-corrected chi connectivity index (χ3v) is 5.12. The fraction of sp³-hybridized carbons (Fsp3) is 0.500. The lowest BCUT2D eigenvalue weighted by Crippen LogP contribution is -2.24. The van der Waals surface area contributed by atoms with Gasteiger partial charge in [0.2, 0.25) is 10.0 Å². The number of anilines is 1. The number of rotatable bonds is 4. The molecular formula is C14H19ClN2O4S. The van der Waals surface area contributed by atoms with Crippen LogP contribution in [-0.2, 0) is 14.8 Å². The highest BCUT2D eigenvalue weighted by Gasteiger charge is 2.23. The van der Waals surface area contributed by atoms with Crippen LogP contribution in [-0.4, -0.2) is 27.5 Å². The molecule has 1 aliphatic rings. The van der Waals surface area contributed by atoms with Crippen LogP contribution >= 0.6 is 11.6 Å². The smallest absolute Gasteiger partial charge is 0.340 e. The molecule has 1 fully saturated rings. The number of nitrogens with two attached hydrogens (primary N) is 1. The lowest BCUT2D eigenvalue weighted by atomic mass is 9.95. The normalized spacial score (nSPS) is 16.3. The standard InChI is InChI=1S/C14H19ClN2O4S/c1-21-14(18)10-7-13(22(16,19)20)11(15)8-12(10)17-9-5-3-2-4-6-9/h7-9,17H,2-6H2,1H3,(H2,16,19,20). The van der Waals surface area contributed by atoms with E-state index in [-0.39, 0.29) is 21.5 Å². The highest BCUT2D eigenvalue weighted by atomic mass is 35.5. The topological polar surface area (TPSA) is 98.5 Å². The zero-order chi connectivity index (χ0) is 16.3. The molecule has 0 atom stereocenters. The van der Waals surface area contributed by atoms with Gasteiger partial charge in [-0.25, -0.2) is 18.4 Å². The van der Waals surface area contributed by atoms with E-state index in [1.165, 1.54) is 19.6 Å². The van der Waals surface area contributed by atoms with Crippen LogP contribution < -0.4 is 10.5 Å². The number of carbonyl (C=O) groups is 1. The molecule has 2 rings (SSSR count). The van der Waals surface area contributed by atoms with Crippen molar-refractivity contribution in [2.75, 3.05) is 12.4 Å². The summed E-state index contributed by atoms with van der Waals surface area (Å²) < 4.78 is 27.8. The van der Waals surface area contributed by atoms with Gasteiger partial charge in [0.25, 0.3) is 0 Å². The number of primary sulfonamides is 1. The van der Waals surface area contributed by atoms with E-state index in [9.17, 15) is 13.2 Å². The fourth-order valence-corrected chi connectivity index (χ4v) is 3.74. The SMILES string of the molecule is COC(=O)c1cc(S(N)(=O)=O)c(Cl)cc1NC1CCCCC1. The lowest BCUT2D eigenvalue weighted by Gasteiger charge is -2.25. The first-order valence-corrected chi connectivity index (χ1v) is 8.96. The number of benzene rings is 1. The first-order chi connectivity index (χ1) is 10.3. The van der Waals surface area contributed by atoms with E-state index < -0.39 is 16.0 Å². The molecule has 0 spiro atoms. The maximum Gasteiger partial charge on any atom is 0.340 e. The predicted molar refractivity (Wildman–Crippen MR) is 84.7 cm³/mol. The molecule has 0 aromatic heterocycles. The van der Waals surface area contributed by atoms with Crippen LogP contribution in [0, 0.1) is 0 Å². The van der Waals surface area contributed by atoms with Crippen molar-refractivity contribution in [3.05, 3.63) is 22.7 Å². The van der Waals surface area contributed by atoms with Gasteiger partial charge in [-0.1, -0.05) is 30.9 Å². The van der Waals surface area contributed by atoms with Gasteiger partial charge in [0.05, 0.1) is 23.4 Å². The Labute approximate surface area is 135 Å². The van der Waals surface area contributed by atoms with Crippen LogP contribution in [0.5, 0.6) is 0 Å². The average Bonchev–Trinajstić information content (AvgIpc) is 2.46. The fourth-order valence-electron chi connectivity index (χ4n) is 2.64. The Balaban J connectivity index is 2.43. The number of ether oxygens (including phenoxy) is 1. The Morgan fingerprint density at radius 3 is 2.50 bits per heavy atom. The van der Waals surface area contributed by atoms with E-state index in [2.05, 4.69) is 5.32 Å². The monoisotopic (exact) mass is 346 g/mol. The number of hydrogen-bond acceptors (Lipinski definition) is 5. The van der Waals surface area contributed by atoms with Crippen molar-refractivity contribution >= 4 is 33.3 Å². The summed E-state index contributed by atoms with van der Waals surface area (Å²) in [5.74, 6) is -0.639. The Morgan fingerprint density at radius 1 is 1.32 bits per heavy atom. The lowest BCUT2D eigenvalue weighted by molar-refractivity contribution is 0.0601. The van der Waals surface area contributed by atoms with Crippen LogP contribution in [0.3, 0.4) is 0 Å². The number of sulfonamides is 1. The molecule has 3 N–H and O–H groups in total. The third kappa shape index (κ3) is 3.91. The van der Waals surface area contributed by atoms with Crippen molar-refractivity contribution < 1.29 is 17.9 Å². The maximum absolute atomic E-state index is 11.9. The minimum absolute atomic E-state index is 0.0199. The van der Waals surface area contributed by atoms with Crippen molar-refractivity contribution in [3.8, 4) is 0 Å². The molecule has 0 radical (unpaired) electrons. The zero-order valence-corrected chi connectivity index (χ0v) is 13.8. The number of hydrogen-bond donors (Lipinski definition) is 2. The van der Waals surface area contributed by atoms with Gasteiger partial charge in [0, 0.05) is 6.04 Å². The quantitative estimate of drug-likeness (QED) is 0.816. The highest BCUT2D eigenvalue weighted by molar-refractivity contribution is 7.89. The number of methoxy groups -OCH3 is 1. The molecule has 1 saturated carbocycles. The zero-order valence-electron chi connectivity index (χ0n) is 12.3. The third-order valence-electron chi connectivity index (χ3n) is 3.75. The molecule has 0 saturated heterocycles. The molecule has 1 aromatic rings. The maximum atomic E-state index is 11.9. The van der Waals surface area contributed by atoms with Gasteiger partial charge in [0.15, 0.2) is 0 Å². The molecule has 0 heterocycles. The Kier molecular flexibility index (Phi) is 5.31. The Morgan fingerprint density at radius 2 is 1.95 bits per heavy atom. The van der Waals surface area contributed by atoms with Gasteiger partial charge in [-0.05, 0) is 25.0 Å².